The molecule has 1 fully saturated rings. The summed E-state index contributed by atoms with van der Waals surface area (Å²) in [6.45, 7) is 0. The van der Waals surface area contributed by atoms with Gasteiger partial charge in [-0.2, -0.15) is 0 Å². The fourth-order valence-corrected chi connectivity index (χ4v) is 5.26. The zero-order chi connectivity index (χ0) is 17.4. The van der Waals surface area contributed by atoms with Gasteiger partial charge in [-0.05, 0) is 36.6 Å². The number of nitrogens with one attached hydrogen (secondary N) is 2. The van der Waals surface area contributed by atoms with Gasteiger partial charge in [0.05, 0.1) is 21.9 Å². The minimum absolute atomic E-state index is 0.0999. The van der Waals surface area contributed by atoms with Crippen molar-refractivity contribution in [1.29, 1.82) is 0 Å². The number of benzene rings is 1. The van der Waals surface area contributed by atoms with Gasteiger partial charge in [0.25, 0.3) is 5.91 Å². The number of thiazole rings is 1. The molecule has 2 aromatic heterocycles. The summed E-state index contributed by atoms with van der Waals surface area (Å²) in [5, 5.41) is 3.85. The van der Waals surface area contributed by atoms with Crippen molar-refractivity contribution in [1.82, 2.24) is 15.3 Å². The van der Waals surface area contributed by atoms with E-state index in [9.17, 15) is 13.2 Å². The number of rotatable bonds is 3. The van der Waals surface area contributed by atoms with Gasteiger partial charge in [-0.15, -0.1) is 11.3 Å². The molecule has 1 saturated heterocycles. The maximum atomic E-state index is 12.8. The smallest absolute Gasteiger partial charge is 0.252 e. The highest BCUT2D eigenvalue weighted by Gasteiger charge is 2.25. The molecule has 25 heavy (non-hydrogen) atoms. The molecule has 0 bridgehead atoms. The van der Waals surface area contributed by atoms with E-state index in [0.29, 0.717) is 18.4 Å². The van der Waals surface area contributed by atoms with E-state index in [1.165, 1.54) is 11.3 Å². The molecule has 8 heteroatoms. The molecule has 1 amide bonds. The van der Waals surface area contributed by atoms with Crippen molar-refractivity contribution in [3.63, 3.8) is 0 Å². The topological polar surface area (TPSA) is 91.9 Å². The van der Waals surface area contributed by atoms with E-state index in [2.05, 4.69) is 15.3 Å². The Labute approximate surface area is 149 Å². The molecule has 6 nitrogen and oxygen atoms in total. The normalized spacial score (nSPS) is 17.6. The number of nitrogens with zero attached hydrogens (tertiary/aromatic N) is 1. The minimum atomic E-state index is -2.94. The Morgan fingerprint density at radius 2 is 2.08 bits per heavy atom. The van der Waals surface area contributed by atoms with Crippen LogP contribution in [0.4, 0.5) is 0 Å². The van der Waals surface area contributed by atoms with Gasteiger partial charge in [0.15, 0.2) is 0 Å². The van der Waals surface area contributed by atoms with Crippen LogP contribution in [0.5, 0.6) is 0 Å². The number of sulfone groups is 1. The molecule has 0 spiro atoms. The molecule has 0 aliphatic carbocycles. The van der Waals surface area contributed by atoms with Gasteiger partial charge < -0.3 is 10.3 Å². The van der Waals surface area contributed by atoms with Crippen LogP contribution in [-0.2, 0) is 9.84 Å². The summed E-state index contributed by atoms with van der Waals surface area (Å²) < 4.78 is 23.1. The minimum Gasteiger partial charge on any atom is -0.361 e. The van der Waals surface area contributed by atoms with Gasteiger partial charge in [0.2, 0.25) is 0 Å². The van der Waals surface area contributed by atoms with Crippen LogP contribution < -0.4 is 5.32 Å². The molecule has 130 valence electrons. The van der Waals surface area contributed by atoms with Crippen LogP contribution in [-0.4, -0.2) is 41.8 Å². The highest BCUT2D eigenvalue weighted by Crippen LogP contribution is 2.29. The van der Waals surface area contributed by atoms with Crippen molar-refractivity contribution in [3.8, 4) is 10.4 Å². The molecule has 0 unspecified atom stereocenters. The number of amides is 1. The van der Waals surface area contributed by atoms with Crippen LogP contribution in [0.15, 0.2) is 36.1 Å². The van der Waals surface area contributed by atoms with E-state index in [4.69, 9.17) is 0 Å². The molecule has 1 aliphatic heterocycles. The number of carbonyl (C=O) groups excluding carboxylic acids is 1. The lowest BCUT2D eigenvalue weighted by Crippen LogP contribution is -2.40. The highest BCUT2D eigenvalue weighted by molar-refractivity contribution is 7.91. The summed E-state index contributed by atoms with van der Waals surface area (Å²) in [4.78, 5) is 21.1. The van der Waals surface area contributed by atoms with Gasteiger partial charge in [-0.1, -0.05) is 0 Å². The Morgan fingerprint density at radius 1 is 1.28 bits per heavy atom. The average molecular weight is 375 g/mol. The first kappa shape index (κ1) is 16.3. The zero-order valence-electron chi connectivity index (χ0n) is 13.4. The second kappa shape index (κ2) is 6.27. The summed E-state index contributed by atoms with van der Waals surface area (Å²) in [5.41, 5.74) is 4.18. The highest BCUT2D eigenvalue weighted by atomic mass is 32.2. The molecule has 2 N–H and O–H groups in total. The number of aromatic amines is 1. The molecule has 3 heterocycles. The van der Waals surface area contributed by atoms with Gasteiger partial charge in [-0.25, -0.2) is 8.42 Å². The molecule has 1 aliphatic rings. The second-order valence-corrected chi connectivity index (χ2v) is 9.42. The first-order valence-corrected chi connectivity index (χ1v) is 10.7. The van der Waals surface area contributed by atoms with Crippen molar-refractivity contribution in [2.45, 2.75) is 18.9 Å². The average Bonchev–Trinajstić information content (AvgIpc) is 3.26. The summed E-state index contributed by atoms with van der Waals surface area (Å²) in [5.74, 6) is 0.108. The largest absolute Gasteiger partial charge is 0.361 e. The van der Waals surface area contributed by atoms with Gasteiger partial charge in [-0.3, -0.25) is 9.78 Å². The maximum absolute atomic E-state index is 12.8. The van der Waals surface area contributed by atoms with E-state index in [1.807, 2.05) is 24.4 Å². The van der Waals surface area contributed by atoms with Crippen molar-refractivity contribution in [2.75, 3.05) is 11.5 Å². The number of fused-ring (bicyclic) bond motifs is 1. The fourth-order valence-electron chi connectivity index (χ4n) is 3.15. The van der Waals surface area contributed by atoms with Gasteiger partial charge >= 0.3 is 0 Å². The summed E-state index contributed by atoms with van der Waals surface area (Å²) >= 11 is 1.52. The Balaban J connectivity index is 1.64. The Morgan fingerprint density at radius 3 is 2.80 bits per heavy atom. The van der Waals surface area contributed by atoms with Crippen LogP contribution in [0.25, 0.3) is 21.3 Å². The monoisotopic (exact) mass is 375 g/mol. The third-order valence-electron chi connectivity index (χ3n) is 4.52. The van der Waals surface area contributed by atoms with Gasteiger partial charge in [0.1, 0.15) is 9.84 Å². The first-order chi connectivity index (χ1) is 12.0. The third-order valence-corrected chi connectivity index (χ3v) is 7.06. The van der Waals surface area contributed by atoms with E-state index in [-0.39, 0.29) is 23.5 Å². The van der Waals surface area contributed by atoms with Crippen molar-refractivity contribution in [3.05, 3.63) is 41.7 Å². The molecule has 4 rings (SSSR count). The number of carbonyl (C=O) groups is 1. The molecule has 1 aromatic carbocycles. The van der Waals surface area contributed by atoms with Crippen LogP contribution in [0.1, 0.15) is 23.2 Å². The van der Waals surface area contributed by atoms with E-state index >= 15 is 0 Å². The van der Waals surface area contributed by atoms with E-state index in [1.54, 1.807) is 11.7 Å². The van der Waals surface area contributed by atoms with Crippen molar-refractivity contribution < 1.29 is 13.2 Å². The van der Waals surface area contributed by atoms with Gasteiger partial charge in [0, 0.05) is 34.9 Å². The van der Waals surface area contributed by atoms with Crippen molar-refractivity contribution in [2.24, 2.45) is 0 Å². The Hall–Kier alpha value is -2.19. The Bertz CT molecular complexity index is 1010. The lowest BCUT2D eigenvalue weighted by Gasteiger charge is -2.23. The predicted octanol–water partition coefficient (Wildman–Crippen LogP) is 2.60. The SMILES string of the molecule is O=C(NC1CCS(=O)(=O)CC1)c1cc(-c2cncs2)cc2[nH]ccc12. The number of aromatic nitrogens is 2. The fraction of sp³-hybridized carbons (Fsp3) is 0.294. The quantitative estimate of drug-likeness (QED) is 0.736. The summed E-state index contributed by atoms with van der Waals surface area (Å²) in [6.07, 6.45) is 4.53. The molecule has 0 radical (unpaired) electrons. The van der Waals surface area contributed by atoms with E-state index < -0.39 is 9.84 Å². The van der Waals surface area contributed by atoms with Crippen LogP contribution in [0.2, 0.25) is 0 Å². The first-order valence-electron chi connectivity index (χ1n) is 8.03. The molecule has 3 aromatic rings. The maximum Gasteiger partial charge on any atom is 0.252 e. The summed E-state index contributed by atoms with van der Waals surface area (Å²) in [7, 11) is -2.94. The standard InChI is InChI=1S/C17H17N3O3S2/c21-17(20-12-2-5-25(22,23)6-3-12)14-7-11(16-9-18-10-24-16)8-15-13(14)1-4-19-15/h1,4,7-10,12,19H,2-3,5-6H2,(H,20,21). The molecule has 0 saturated carbocycles. The number of hydrogen-bond donors (Lipinski definition) is 2. The molecular formula is C17H17N3O3S2. The second-order valence-electron chi connectivity index (χ2n) is 6.23. The van der Waals surface area contributed by atoms with Crippen molar-refractivity contribution >= 4 is 38.0 Å². The van der Waals surface area contributed by atoms with Crippen LogP contribution in [0, 0.1) is 0 Å². The predicted molar refractivity (Wildman–Crippen MR) is 98.5 cm³/mol. The summed E-state index contributed by atoms with van der Waals surface area (Å²) in [6, 6.07) is 5.66. The van der Waals surface area contributed by atoms with Crippen LogP contribution >= 0.6 is 11.3 Å². The molecule has 0 atom stereocenters. The molecular weight excluding hydrogens is 358 g/mol. The lowest BCUT2D eigenvalue weighted by atomic mass is 10.0. The lowest BCUT2D eigenvalue weighted by molar-refractivity contribution is 0.0936. The number of H-pyrrole nitrogens is 1. The van der Waals surface area contributed by atoms with E-state index in [0.717, 1.165) is 21.3 Å². The zero-order valence-corrected chi connectivity index (χ0v) is 15.0. The number of hydrogen-bond acceptors (Lipinski definition) is 5. The Kier molecular flexibility index (Phi) is 4.09. The van der Waals surface area contributed by atoms with Crippen LogP contribution in [0.3, 0.4) is 0 Å². The third kappa shape index (κ3) is 3.32.